The highest BCUT2D eigenvalue weighted by Crippen LogP contribution is 2.23. The molecule has 1 aromatic rings. The van der Waals surface area contributed by atoms with Crippen LogP contribution < -0.4 is 5.14 Å². The molecular formula is C10H13NO2S. The number of sulfonamides is 1. The Balaban J connectivity index is 3.07. The predicted octanol–water partition coefficient (Wildman–Crippen LogP) is 1.59. The van der Waals surface area contributed by atoms with Crippen LogP contribution in [0.1, 0.15) is 17.2 Å². The zero-order valence-corrected chi connectivity index (χ0v) is 8.57. The third-order valence-electron chi connectivity index (χ3n) is 1.95. The van der Waals surface area contributed by atoms with Crippen LogP contribution >= 0.6 is 0 Å². The van der Waals surface area contributed by atoms with Crippen molar-refractivity contribution in [1.82, 2.24) is 0 Å². The maximum Gasteiger partial charge on any atom is 0.216 e. The van der Waals surface area contributed by atoms with Crippen molar-refractivity contribution in [3.05, 3.63) is 48.6 Å². The van der Waals surface area contributed by atoms with Crippen LogP contribution in [0.15, 0.2) is 43.0 Å². The second kappa shape index (κ2) is 4.39. The predicted molar refractivity (Wildman–Crippen MR) is 57.1 cm³/mol. The van der Waals surface area contributed by atoms with Gasteiger partial charge < -0.3 is 0 Å². The van der Waals surface area contributed by atoms with Gasteiger partial charge in [0.1, 0.15) is 5.25 Å². The largest absolute Gasteiger partial charge is 0.228 e. The van der Waals surface area contributed by atoms with Crippen molar-refractivity contribution in [2.45, 2.75) is 11.7 Å². The van der Waals surface area contributed by atoms with Crippen molar-refractivity contribution >= 4 is 10.0 Å². The minimum Gasteiger partial charge on any atom is -0.228 e. The van der Waals surface area contributed by atoms with Crippen molar-refractivity contribution in [1.29, 1.82) is 0 Å². The van der Waals surface area contributed by atoms with E-state index in [0.717, 1.165) is 0 Å². The van der Waals surface area contributed by atoms with Gasteiger partial charge in [0.2, 0.25) is 10.0 Å². The Morgan fingerprint density at radius 1 is 1.36 bits per heavy atom. The van der Waals surface area contributed by atoms with Gasteiger partial charge in [-0.25, -0.2) is 13.6 Å². The molecule has 0 saturated carbocycles. The van der Waals surface area contributed by atoms with E-state index in [2.05, 4.69) is 6.58 Å². The van der Waals surface area contributed by atoms with E-state index in [1.807, 2.05) is 6.07 Å². The summed E-state index contributed by atoms with van der Waals surface area (Å²) in [4.78, 5) is 0. The molecule has 3 nitrogen and oxygen atoms in total. The summed E-state index contributed by atoms with van der Waals surface area (Å²) in [7, 11) is -3.55. The quantitative estimate of drug-likeness (QED) is 0.769. The summed E-state index contributed by atoms with van der Waals surface area (Å²) in [6.07, 6.45) is 1.89. The van der Waals surface area contributed by atoms with E-state index in [1.165, 1.54) is 0 Å². The molecule has 0 spiro atoms. The Hall–Kier alpha value is -1.13. The van der Waals surface area contributed by atoms with E-state index in [1.54, 1.807) is 30.3 Å². The Labute approximate surface area is 84.3 Å². The van der Waals surface area contributed by atoms with Gasteiger partial charge in [-0.2, -0.15) is 0 Å². The summed E-state index contributed by atoms with van der Waals surface area (Å²) in [6.45, 7) is 3.52. The average molecular weight is 211 g/mol. The first kappa shape index (κ1) is 10.9. The molecule has 0 aliphatic carbocycles. The number of nitrogens with two attached hydrogens (primary N) is 1. The van der Waals surface area contributed by atoms with Gasteiger partial charge in [-0.1, -0.05) is 36.4 Å². The van der Waals surface area contributed by atoms with Crippen molar-refractivity contribution in [2.75, 3.05) is 0 Å². The summed E-state index contributed by atoms with van der Waals surface area (Å²) >= 11 is 0. The van der Waals surface area contributed by atoms with Crippen molar-refractivity contribution < 1.29 is 8.42 Å². The summed E-state index contributed by atoms with van der Waals surface area (Å²) in [5.74, 6) is 0. The Morgan fingerprint density at radius 2 is 1.93 bits per heavy atom. The SMILES string of the molecule is C=CCC(c1ccccc1)S(N)(=O)=O. The molecule has 1 rings (SSSR count). The van der Waals surface area contributed by atoms with E-state index in [-0.39, 0.29) is 0 Å². The second-order valence-corrected chi connectivity index (χ2v) is 4.76. The molecule has 0 heterocycles. The maximum absolute atomic E-state index is 11.3. The molecule has 0 amide bonds. The first-order valence-electron chi connectivity index (χ1n) is 4.23. The lowest BCUT2D eigenvalue weighted by atomic mass is 10.1. The monoisotopic (exact) mass is 211 g/mol. The number of benzene rings is 1. The van der Waals surface area contributed by atoms with Gasteiger partial charge in [0.05, 0.1) is 0 Å². The normalized spacial score (nSPS) is 13.5. The fourth-order valence-corrected chi connectivity index (χ4v) is 2.22. The van der Waals surface area contributed by atoms with E-state index >= 15 is 0 Å². The summed E-state index contributed by atoms with van der Waals surface area (Å²) in [5, 5.41) is 4.44. The van der Waals surface area contributed by atoms with E-state index < -0.39 is 15.3 Å². The molecule has 1 atom stereocenters. The zero-order chi connectivity index (χ0) is 10.6. The first-order chi connectivity index (χ1) is 6.55. The highest BCUT2D eigenvalue weighted by molar-refractivity contribution is 7.89. The molecule has 2 N–H and O–H groups in total. The highest BCUT2D eigenvalue weighted by Gasteiger charge is 2.21. The number of hydrogen-bond acceptors (Lipinski definition) is 2. The third-order valence-corrected chi connectivity index (χ3v) is 3.21. The van der Waals surface area contributed by atoms with Gasteiger partial charge in [-0.05, 0) is 12.0 Å². The third kappa shape index (κ3) is 2.68. The fourth-order valence-electron chi connectivity index (χ4n) is 1.28. The lowest BCUT2D eigenvalue weighted by molar-refractivity contribution is 0.584. The van der Waals surface area contributed by atoms with Gasteiger partial charge >= 0.3 is 0 Å². The summed E-state index contributed by atoms with van der Waals surface area (Å²) in [6, 6.07) is 8.90. The van der Waals surface area contributed by atoms with Crippen LogP contribution in [0.5, 0.6) is 0 Å². The van der Waals surface area contributed by atoms with Gasteiger partial charge in [0.15, 0.2) is 0 Å². The Morgan fingerprint density at radius 3 is 2.36 bits per heavy atom. The topological polar surface area (TPSA) is 60.2 Å². The average Bonchev–Trinajstić information content (AvgIpc) is 2.14. The molecule has 0 radical (unpaired) electrons. The Bertz CT molecular complexity index is 397. The lowest BCUT2D eigenvalue weighted by Crippen LogP contribution is -2.21. The molecule has 0 aliphatic heterocycles. The lowest BCUT2D eigenvalue weighted by Gasteiger charge is -2.12. The van der Waals surface area contributed by atoms with E-state index in [0.29, 0.717) is 12.0 Å². The number of allylic oxidation sites excluding steroid dienone is 1. The molecule has 1 aromatic carbocycles. The highest BCUT2D eigenvalue weighted by atomic mass is 32.2. The van der Waals surface area contributed by atoms with Gasteiger partial charge in [-0.15, -0.1) is 6.58 Å². The van der Waals surface area contributed by atoms with Crippen LogP contribution in [0.25, 0.3) is 0 Å². The van der Waals surface area contributed by atoms with Crippen LogP contribution in [0.3, 0.4) is 0 Å². The fraction of sp³-hybridized carbons (Fsp3) is 0.200. The molecule has 0 fully saturated rings. The van der Waals surface area contributed by atoms with Crippen LogP contribution in [-0.2, 0) is 10.0 Å². The van der Waals surface area contributed by atoms with Gasteiger partial charge in [0.25, 0.3) is 0 Å². The van der Waals surface area contributed by atoms with Crippen molar-refractivity contribution in [3.8, 4) is 0 Å². The van der Waals surface area contributed by atoms with Gasteiger partial charge in [0, 0.05) is 0 Å². The summed E-state index contributed by atoms with van der Waals surface area (Å²) < 4.78 is 22.5. The van der Waals surface area contributed by atoms with E-state index in [9.17, 15) is 8.42 Å². The molecule has 0 bridgehead atoms. The minimum atomic E-state index is -3.55. The Kier molecular flexibility index (Phi) is 3.43. The zero-order valence-electron chi connectivity index (χ0n) is 7.76. The van der Waals surface area contributed by atoms with Crippen LogP contribution in [0.4, 0.5) is 0 Å². The van der Waals surface area contributed by atoms with Crippen LogP contribution in [0.2, 0.25) is 0 Å². The molecular weight excluding hydrogens is 198 g/mol. The van der Waals surface area contributed by atoms with Crippen LogP contribution in [-0.4, -0.2) is 8.42 Å². The molecule has 76 valence electrons. The van der Waals surface area contributed by atoms with Gasteiger partial charge in [-0.3, -0.25) is 0 Å². The number of rotatable bonds is 4. The summed E-state index contributed by atoms with van der Waals surface area (Å²) in [5.41, 5.74) is 0.704. The molecule has 4 heteroatoms. The molecule has 0 aliphatic rings. The molecule has 14 heavy (non-hydrogen) atoms. The molecule has 0 aromatic heterocycles. The smallest absolute Gasteiger partial charge is 0.216 e. The number of primary sulfonamides is 1. The van der Waals surface area contributed by atoms with E-state index in [4.69, 9.17) is 5.14 Å². The molecule has 0 saturated heterocycles. The minimum absolute atomic E-state index is 0.336. The van der Waals surface area contributed by atoms with Crippen LogP contribution in [0, 0.1) is 0 Å². The van der Waals surface area contributed by atoms with Crippen molar-refractivity contribution in [2.24, 2.45) is 5.14 Å². The second-order valence-electron chi connectivity index (χ2n) is 3.01. The standard InChI is InChI=1S/C10H13NO2S/c1-2-6-10(14(11,12)13)9-7-4-3-5-8-9/h2-5,7-8,10H,1,6H2,(H2,11,12,13). The number of hydrogen-bond donors (Lipinski definition) is 1. The first-order valence-corrected chi connectivity index (χ1v) is 5.84. The maximum atomic E-state index is 11.3. The molecule has 1 unspecified atom stereocenters. The van der Waals surface area contributed by atoms with Crippen molar-refractivity contribution in [3.63, 3.8) is 0 Å².